The van der Waals surface area contributed by atoms with Crippen LogP contribution in [0, 0.1) is 18.8 Å². The molecule has 158 valence electrons. The van der Waals surface area contributed by atoms with Gasteiger partial charge in [0.1, 0.15) is 5.60 Å². The topological polar surface area (TPSA) is 70.7 Å². The molecule has 8 heteroatoms. The summed E-state index contributed by atoms with van der Waals surface area (Å²) < 4.78 is 6.14. The van der Waals surface area contributed by atoms with Gasteiger partial charge in [0.25, 0.3) is 0 Å². The van der Waals surface area contributed by atoms with E-state index in [1.54, 1.807) is 24.3 Å². The second-order valence-corrected chi connectivity index (χ2v) is 8.91. The van der Waals surface area contributed by atoms with E-state index in [0.717, 1.165) is 11.3 Å². The van der Waals surface area contributed by atoms with E-state index in [1.807, 2.05) is 43.3 Å². The van der Waals surface area contributed by atoms with Gasteiger partial charge in [-0.3, -0.25) is 9.59 Å². The minimum absolute atomic E-state index is 0.211. The van der Waals surface area contributed by atoms with Crippen LogP contribution in [0.3, 0.4) is 0 Å². The maximum absolute atomic E-state index is 13.3. The number of ether oxygens (including phenoxy) is 1. The van der Waals surface area contributed by atoms with Crippen molar-refractivity contribution >= 4 is 52.1 Å². The van der Waals surface area contributed by atoms with Crippen LogP contribution in [-0.4, -0.2) is 35.2 Å². The minimum Gasteiger partial charge on any atom is -0.360 e. The molecule has 0 aliphatic carbocycles. The molecule has 2 N–H and O–H groups in total. The molecule has 31 heavy (non-hydrogen) atoms. The molecule has 3 aliphatic rings. The lowest BCUT2D eigenvalue weighted by molar-refractivity contribution is -0.126. The van der Waals surface area contributed by atoms with Gasteiger partial charge < -0.3 is 15.4 Å². The zero-order valence-corrected chi connectivity index (χ0v) is 18.2. The van der Waals surface area contributed by atoms with Gasteiger partial charge in [0.2, 0.25) is 11.8 Å². The average Bonchev–Trinajstić information content (AvgIpc) is 3.40. The Bertz CT molecular complexity index is 1100. The Morgan fingerprint density at radius 2 is 1.84 bits per heavy atom. The average molecular weight is 454 g/mol. The van der Waals surface area contributed by atoms with Gasteiger partial charge in [0.05, 0.1) is 30.2 Å². The van der Waals surface area contributed by atoms with Crippen LogP contribution in [0.1, 0.15) is 5.56 Å². The fourth-order valence-electron chi connectivity index (χ4n) is 4.58. The van der Waals surface area contributed by atoms with E-state index in [0.29, 0.717) is 15.8 Å². The number of thiocarbonyl (C=S) groups is 1. The third-order valence-electron chi connectivity index (χ3n) is 6.07. The molecule has 0 saturated carbocycles. The summed E-state index contributed by atoms with van der Waals surface area (Å²) in [5.41, 5.74) is 1.54. The SMILES string of the molecule is Cc1ccc(N2C(=O)[C@@H]3[C@@H](C2=O)[C@@]2(CNC(=S)Nc4ccc(Cl)cc4)C=C[C@H]3O2)cc1. The van der Waals surface area contributed by atoms with E-state index in [2.05, 4.69) is 10.6 Å². The Labute approximate surface area is 190 Å². The van der Waals surface area contributed by atoms with Crippen LogP contribution in [0.2, 0.25) is 5.02 Å². The van der Waals surface area contributed by atoms with Crippen LogP contribution < -0.4 is 15.5 Å². The number of anilines is 2. The van der Waals surface area contributed by atoms with Crippen molar-refractivity contribution in [2.24, 2.45) is 11.8 Å². The quantitative estimate of drug-likeness (QED) is 0.420. The van der Waals surface area contributed by atoms with Crippen LogP contribution >= 0.6 is 23.8 Å². The number of carbonyl (C=O) groups excluding carboxylic acids is 2. The number of hydrogen-bond donors (Lipinski definition) is 2. The largest absolute Gasteiger partial charge is 0.360 e. The Morgan fingerprint density at radius 3 is 2.55 bits per heavy atom. The number of amides is 2. The standard InChI is InChI=1S/C23H20ClN3O3S/c1-13-2-8-16(9-3-13)27-20(28)18-17-10-11-23(30-17,19(18)21(27)29)12-25-22(31)26-15-6-4-14(24)5-7-15/h2-11,17-19H,12H2,1H3,(H2,25,26,31)/t17-,18+,19+,23+/m1/s1. The van der Waals surface area contributed by atoms with Crippen molar-refractivity contribution in [3.05, 3.63) is 71.3 Å². The minimum atomic E-state index is -0.909. The summed E-state index contributed by atoms with van der Waals surface area (Å²) in [4.78, 5) is 27.8. The lowest BCUT2D eigenvalue weighted by Gasteiger charge is -2.29. The molecule has 2 fully saturated rings. The molecule has 0 unspecified atom stereocenters. The highest BCUT2D eigenvalue weighted by atomic mass is 35.5. The maximum atomic E-state index is 13.3. The molecule has 5 rings (SSSR count). The van der Waals surface area contributed by atoms with Gasteiger partial charge in [0, 0.05) is 10.7 Å². The third-order valence-corrected chi connectivity index (χ3v) is 6.57. The van der Waals surface area contributed by atoms with E-state index in [1.165, 1.54) is 4.90 Å². The molecule has 2 bridgehead atoms. The van der Waals surface area contributed by atoms with Gasteiger partial charge in [-0.25, -0.2) is 4.90 Å². The van der Waals surface area contributed by atoms with Gasteiger partial charge in [-0.2, -0.15) is 0 Å². The van der Waals surface area contributed by atoms with E-state index >= 15 is 0 Å². The number of imide groups is 1. The summed E-state index contributed by atoms with van der Waals surface area (Å²) >= 11 is 11.3. The van der Waals surface area contributed by atoms with Crippen LogP contribution in [0.5, 0.6) is 0 Å². The second-order valence-electron chi connectivity index (χ2n) is 8.06. The lowest BCUT2D eigenvalue weighted by atomic mass is 9.77. The number of fused-ring (bicyclic) bond motifs is 5. The Kier molecular flexibility index (Phi) is 4.84. The smallest absolute Gasteiger partial charge is 0.241 e. The van der Waals surface area contributed by atoms with Gasteiger partial charge in [-0.15, -0.1) is 0 Å². The van der Waals surface area contributed by atoms with E-state index < -0.39 is 23.5 Å². The van der Waals surface area contributed by atoms with Crippen LogP contribution in [0.4, 0.5) is 11.4 Å². The number of rotatable bonds is 4. The van der Waals surface area contributed by atoms with Crippen LogP contribution in [-0.2, 0) is 14.3 Å². The number of nitrogens with one attached hydrogen (secondary N) is 2. The van der Waals surface area contributed by atoms with Crippen LogP contribution in [0.15, 0.2) is 60.7 Å². The first-order chi connectivity index (χ1) is 14.9. The summed E-state index contributed by atoms with van der Waals surface area (Å²) in [5, 5.41) is 7.27. The molecule has 4 atom stereocenters. The molecule has 2 aromatic rings. The summed E-state index contributed by atoms with van der Waals surface area (Å²) in [6.07, 6.45) is 3.36. The number of hydrogen-bond acceptors (Lipinski definition) is 4. The first kappa shape index (κ1) is 20.2. The summed E-state index contributed by atoms with van der Waals surface area (Å²) in [5.74, 6) is -1.54. The Morgan fingerprint density at radius 1 is 1.13 bits per heavy atom. The molecule has 0 aromatic heterocycles. The van der Waals surface area contributed by atoms with Crippen molar-refractivity contribution in [1.29, 1.82) is 0 Å². The predicted octanol–water partition coefficient (Wildman–Crippen LogP) is 3.45. The van der Waals surface area contributed by atoms with Gasteiger partial charge in [-0.1, -0.05) is 41.4 Å². The molecule has 2 saturated heterocycles. The number of nitrogens with zero attached hydrogens (tertiary/aromatic N) is 1. The highest BCUT2D eigenvalue weighted by molar-refractivity contribution is 7.80. The van der Waals surface area contributed by atoms with Crippen LogP contribution in [0.25, 0.3) is 0 Å². The lowest BCUT2D eigenvalue weighted by Crippen LogP contribution is -2.49. The second kappa shape index (κ2) is 7.44. The molecule has 3 heterocycles. The number of aryl methyl sites for hydroxylation is 1. The summed E-state index contributed by atoms with van der Waals surface area (Å²) in [7, 11) is 0. The molecule has 6 nitrogen and oxygen atoms in total. The Hall–Kier alpha value is -2.74. The van der Waals surface area contributed by atoms with E-state index in [4.69, 9.17) is 28.6 Å². The Balaban J connectivity index is 1.33. The molecule has 3 aliphatic heterocycles. The zero-order valence-electron chi connectivity index (χ0n) is 16.7. The first-order valence-electron chi connectivity index (χ1n) is 10.00. The molecular weight excluding hydrogens is 434 g/mol. The highest BCUT2D eigenvalue weighted by Gasteiger charge is 2.67. The monoisotopic (exact) mass is 453 g/mol. The first-order valence-corrected chi connectivity index (χ1v) is 10.8. The molecular formula is C23H20ClN3O3S. The number of benzene rings is 2. The van der Waals surface area contributed by atoms with Crippen molar-refractivity contribution in [3.8, 4) is 0 Å². The van der Waals surface area contributed by atoms with Gasteiger partial charge in [0.15, 0.2) is 5.11 Å². The highest BCUT2D eigenvalue weighted by Crippen LogP contribution is 2.52. The van der Waals surface area contributed by atoms with E-state index in [-0.39, 0.29) is 18.4 Å². The van der Waals surface area contributed by atoms with Crippen molar-refractivity contribution < 1.29 is 14.3 Å². The molecule has 2 aromatic carbocycles. The maximum Gasteiger partial charge on any atom is 0.241 e. The number of carbonyl (C=O) groups is 2. The van der Waals surface area contributed by atoms with Crippen molar-refractivity contribution in [3.63, 3.8) is 0 Å². The fraction of sp³-hybridized carbons (Fsp3) is 0.261. The third kappa shape index (κ3) is 3.33. The van der Waals surface area contributed by atoms with Crippen molar-refractivity contribution in [2.75, 3.05) is 16.8 Å². The van der Waals surface area contributed by atoms with Gasteiger partial charge in [-0.05, 0) is 55.5 Å². The molecule has 0 radical (unpaired) electrons. The van der Waals surface area contributed by atoms with E-state index in [9.17, 15) is 9.59 Å². The zero-order chi connectivity index (χ0) is 21.8. The summed E-state index contributed by atoms with van der Waals surface area (Å²) in [6.45, 7) is 2.24. The number of halogens is 1. The molecule has 0 spiro atoms. The fourth-order valence-corrected chi connectivity index (χ4v) is 4.90. The normalized spacial score (nSPS) is 28.2. The predicted molar refractivity (Wildman–Crippen MR) is 123 cm³/mol. The van der Waals surface area contributed by atoms with Gasteiger partial charge >= 0.3 is 0 Å². The van der Waals surface area contributed by atoms with Crippen molar-refractivity contribution in [1.82, 2.24) is 5.32 Å². The van der Waals surface area contributed by atoms with Crippen molar-refractivity contribution in [2.45, 2.75) is 18.6 Å². The summed E-state index contributed by atoms with van der Waals surface area (Å²) in [6, 6.07) is 14.6. The molecule has 2 amide bonds.